The predicted octanol–water partition coefficient (Wildman–Crippen LogP) is 2.23. The summed E-state index contributed by atoms with van der Waals surface area (Å²) in [6.45, 7) is 4.64. The van der Waals surface area contributed by atoms with Gasteiger partial charge in [0.2, 0.25) is 0 Å². The lowest BCUT2D eigenvalue weighted by molar-refractivity contribution is 0.119. The Bertz CT molecular complexity index is 783. The molecule has 3 aromatic heterocycles. The molecule has 0 amide bonds. The number of hydrogen-bond acceptors (Lipinski definition) is 7. The number of ether oxygens (including phenoxy) is 1. The molecule has 0 aliphatic carbocycles. The Kier molecular flexibility index (Phi) is 4.04. The number of aryl methyl sites for hydroxylation is 1. The summed E-state index contributed by atoms with van der Waals surface area (Å²) in [6.07, 6.45) is 1.54. The van der Waals surface area contributed by atoms with Crippen molar-refractivity contribution in [3.63, 3.8) is 0 Å². The van der Waals surface area contributed by atoms with Gasteiger partial charge in [0.05, 0.1) is 12.2 Å². The molecular weight excluding hydrogens is 300 g/mol. The number of nitrogens with zero attached hydrogens (tertiary/aromatic N) is 6. The fourth-order valence-corrected chi connectivity index (χ4v) is 3.03. The van der Waals surface area contributed by atoms with E-state index in [0.717, 1.165) is 22.2 Å². The number of hydrogen-bond donors (Lipinski definition) is 0. The van der Waals surface area contributed by atoms with E-state index in [9.17, 15) is 0 Å². The summed E-state index contributed by atoms with van der Waals surface area (Å²) in [4.78, 5) is 15.2. The Morgan fingerprint density at radius 2 is 2.23 bits per heavy atom. The van der Waals surface area contributed by atoms with Crippen molar-refractivity contribution in [2.24, 2.45) is 0 Å². The van der Waals surface area contributed by atoms with Gasteiger partial charge in [0, 0.05) is 31.3 Å². The number of thiazole rings is 1. The Morgan fingerprint density at radius 1 is 1.41 bits per heavy atom. The van der Waals surface area contributed by atoms with Crippen molar-refractivity contribution >= 4 is 22.9 Å². The molecule has 0 radical (unpaired) electrons. The first-order valence-electron chi connectivity index (χ1n) is 6.94. The minimum absolute atomic E-state index is 0.0225. The van der Waals surface area contributed by atoms with Crippen LogP contribution in [0.3, 0.4) is 0 Å². The molecule has 0 spiro atoms. The molecule has 3 aromatic rings. The summed E-state index contributed by atoms with van der Waals surface area (Å²) >= 11 is 1.62. The minimum atomic E-state index is 0.0225. The van der Waals surface area contributed by atoms with Crippen LogP contribution in [0.25, 0.3) is 5.78 Å². The van der Waals surface area contributed by atoms with E-state index < -0.39 is 0 Å². The largest absolute Gasteiger partial charge is 0.375 e. The summed E-state index contributed by atoms with van der Waals surface area (Å²) in [5, 5.41) is 7.28. The molecule has 0 saturated heterocycles. The zero-order chi connectivity index (χ0) is 15.7. The maximum atomic E-state index is 5.31. The fraction of sp³-hybridized carbons (Fsp3) is 0.429. The lowest BCUT2D eigenvalue weighted by atomic mass is 10.3. The minimum Gasteiger partial charge on any atom is -0.375 e. The van der Waals surface area contributed by atoms with Gasteiger partial charge in [-0.1, -0.05) is 0 Å². The van der Waals surface area contributed by atoms with Crippen molar-refractivity contribution in [1.29, 1.82) is 0 Å². The van der Waals surface area contributed by atoms with Gasteiger partial charge < -0.3 is 9.64 Å². The maximum absolute atomic E-state index is 5.31. The first-order valence-corrected chi connectivity index (χ1v) is 7.82. The fourth-order valence-electron chi connectivity index (χ4n) is 2.19. The van der Waals surface area contributed by atoms with E-state index in [0.29, 0.717) is 12.3 Å². The summed E-state index contributed by atoms with van der Waals surface area (Å²) in [5.74, 6) is 1.54. The molecule has 0 aromatic carbocycles. The van der Waals surface area contributed by atoms with Crippen LogP contribution in [0.2, 0.25) is 0 Å². The first-order chi connectivity index (χ1) is 10.6. The molecule has 116 valence electrons. The van der Waals surface area contributed by atoms with Crippen molar-refractivity contribution in [3.05, 3.63) is 34.2 Å². The van der Waals surface area contributed by atoms with E-state index in [4.69, 9.17) is 4.74 Å². The monoisotopic (exact) mass is 318 g/mol. The van der Waals surface area contributed by atoms with Crippen molar-refractivity contribution < 1.29 is 4.74 Å². The van der Waals surface area contributed by atoms with Crippen LogP contribution in [-0.4, -0.2) is 38.7 Å². The molecule has 0 N–H and O–H groups in total. The number of fused-ring (bicyclic) bond motifs is 1. The van der Waals surface area contributed by atoms with Crippen LogP contribution in [0.1, 0.15) is 29.4 Å². The van der Waals surface area contributed by atoms with Gasteiger partial charge in [-0.15, -0.1) is 11.3 Å². The molecule has 8 heteroatoms. The molecule has 0 fully saturated rings. The lowest BCUT2D eigenvalue weighted by Gasteiger charge is -2.18. The van der Waals surface area contributed by atoms with Crippen LogP contribution in [0, 0.1) is 6.92 Å². The third-order valence-corrected chi connectivity index (χ3v) is 4.48. The Balaban J connectivity index is 1.85. The van der Waals surface area contributed by atoms with E-state index in [1.807, 2.05) is 27.0 Å². The SMILES string of the molecule is COC(C)c1nc(CN(C)c2cc(C)nc3ncnn23)cs1. The predicted molar refractivity (Wildman–Crippen MR) is 85.2 cm³/mol. The van der Waals surface area contributed by atoms with Gasteiger partial charge in [0.25, 0.3) is 5.78 Å². The molecule has 3 heterocycles. The molecule has 3 rings (SSSR count). The first kappa shape index (κ1) is 14.9. The van der Waals surface area contributed by atoms with Crippen LogP contribution >= 0.6 is 11.3 Å². The van der Waals surface area contributed by atoms with Gasteiger partial charge in [-0.05, 0) is 13.8 Å². The van der Waals surface area contributed by atoms with Crippen molar-refractivity contribution in [2.75, 3.05) is 19.1 Å². The molecule has 22 heavy (non-hydrogen) atoms. The van der Waals surface area contributed by atoms with Gasteiger partial charge in [-0.25, -0.2) is 9.97 Å². The van der Waals surface area contributed by atoms with E-state index in [1.165, 1.54) is 6.33 Å². The van der Waals surface area contributed by atoms with E-state index >= 15 is 0 Å². The molecule has 1 unspecified atom stereocenters. The average molecular weight is 318 g/mol. The van der Waals surface area contributed by atoms with Crippen LogP contribution in [0.15, 0.2) is 17.8 Å². The molecule has 7 nitrogen and oxygen atoms in total. The second-order valence-corrected chi connectivity index (χ2v) is 6.03. The van der Waals surface area contributed by atoms with Gasteiger partial charge in [0.1, 0.15) is 23.3 Å². The second-order valence-electron chi connectivity index (χ2n) is 5.14. The summed E-state index contributed by atoms with van der Waals surface area (Å²) in [7, 11) is 3.70. The zero-order valence-corrected chi connectivity index (χ0v) is 13.8. The summed E-state index contributed by atoms with van der Waals surface area (Å²) in [5.41, 5.74) is 1.92. The highest BCUT2D eigenvalue weighted by Crippen LogP contribution is 2.22. The highest BCUT2D eigenvalue weighted by Gasteiger charge is 2.14. The molecule has 0 bridgehead atoms. The molecule has 0 aliphatic heterocycles. The summed E-state index contributed by atoms with van der Waals surface area (Å²) < 4.78 is 7.04. The Morgan fingerprint density at radius 3 is 3.00 bits per heavy atom. The highest BCUT2D eigenvalue weighted by atomic mass is 32.1. The van der Waals surface area contributed by atoms with Crippen LogP contribution < -0.4 is 4.90 Å². The number of rotatable bonds is 5. The van der Waals surface area contributed by atoms with Gasteiger partial charge in [-0.2, -0.15) is 14.6 Å². The third kappa shape index (κ3) is 2.79. The van der Waals surface area contributed by atoms with Crippen molar-refractivity contribution in [1.82, 2.24) is 24.6 Å². The van der Waals surface area contributed by atoms with E-state index in [1.54, 1.807) is 23.0 Å². The quantitative estimate of drug-likeness (QED) is 0.718. The standard InChI is InChI=1S/C14H18N6OS/c1-9-5-12(20-14(17-9)15-8-16-20)19(3)6-11-7-22-13(18-11)10(2)21-4/h5,7-8,10H,6H2,1-4H3. The number of aromatic nitrogens is 5. The number of methoxy groups -OCH3 is 1. The van der Waals surface area contributed by atoms with Gasteiger partial charge >= 0.3 is 0 Å². The van der Waals surface area contributed by atoms with Crippen molar-refractivity contribution in [3.8, 4) is 0 Å². The molecule has 0 saturated carbocycles. The Hall–Kier alpha value is -2.06. The van der Waals surface area contributed by atoms with Crippen molar-refractivity contribution in [2.45, 2.75) is 26.5 Å². The normalized spacial score (nSPS) is 12.7. The smallest absolute Gasteiger partial charge is 0.254 e. The average Bonchev–Trinajstić information content (AvgIpc) is 3.14. The number of anilines is 1. The van der Waals surface area contributed by atoms with Crippen LogP contribution in [0.5, 0.6) is 0 Å². The van der Waals surface area contributed by atoms with Crippen LogP contribution in [0.4, 0.5) is 5.82 Å². The molecular formula is C14H18N6OS. The van der Waals surface area contributed by atoms with Crippen LogP contribution in [-0.2, 0) is 11.3 Å². The van der Waals surface area contributed by atoms with E-state index in [-0.39, 0.29) is 6.10 Å². The second kappa shape index (κ2) is 5.98. The third-order valence-electron chi connectivity index (χ3n) is 3.42. The highest BCUT2D eigenvalue weighted by molar-refractivity contribution is 7.09. The van der Waals surface area contributed by atoms with Gasteiger partial charge in [-0.3, -0.25) is 0 Å². The van der Waals surface area contributed by atoms with Gasteiger partial charge in [0.15, 0.2) is 0 Å². The zero-order valence-electron chi connectivity index (χ0n) is 13.0. The maximum Gasteiger partial charge on any atom is 0.254 e. The van der Waals surface area contributed by atoms with E-state index in [2.05, 4.69) is 30.3 Å². The Labute approximate surface area is 132 Å². The topological polar surface area (TPSA) is 68.4 Å². The molecule has 1 atom stereocenters. The lowest BCUT2D eigenvalue weighted by Crippen LogP contribution is -2.20. The summed E-state index contributed by atoms with van der Waals surface area (Å²) in [6, 6.07) is 1.99. The molecule has 0 aliphatic rings.